The van der Waals surface area contributed by atoms with E-state index >= 15 is 0 Å². The van der Waals surface area contributed by atoms with Crippen LogP contribution in [0.3, 0.4) is 0 Å². The largest absolute Gasteiger partial charge is 0.399 e. The van der Waals surface area contributed by atoms with Gasteiger partial charge in [-0.05, 0) is 55.8 Å². The van der Waals surface area contributed by atoms with Crippen LogP contribution in [-0.4, -0.2) is 36.0 Å². The van der Waals surface area contributed by atoms with Crippen molar-refractivity contribution >= 4 is 17.4 Å². The van der Waals surface area contributed by atoms with E-state index in [1.165, 1.54) is 56.0 Å². The first-order valence-electron chi connectivity index (χ1n) is 6.49. The molecule has 1 aromatic rings. The minimum absolute atomic E-state index is 0.860. The van der Waals surface area contributed by atoms with Crippen LogP contribution in [0.5, 0.6) is 0 Å². The highest BCUT2D eigenvalue weighted by atomic mass is 32.2. The zero-order chi connectivity index (χ0) is 11.9. The summed E-state index contributed by atoms with van der Waals surface area (Å²) in [5.41, 5.74) is 7.94. The molecule has 0 unspecified atom stereocenters. The van der Waals surface area contributed by atoms with Gasteiger partial charge in [-0.15, -0.1) is 0 Å². The van der Waals surface area contributed by atoms with Gasteiger partial charge in [-0.2, -0.15) is 11.8 Å². The minimum atomic E-state index is 0.860. The molecule has 0 amide bonds. The minimum Gasteiger partial charge on any atom is -0.399 e. The molecule has 1 heterocycles. The molecule has 0 aromatic heterocycles. The molecule has 1 aromatic carbocycles. The number of nitrogen functional groups attached to an aromatic ring is 1. The number of rotatable bonds is 4. The molecule has 1 fully saturated rings. The van der Waals surface area contributed by atoms with E-state index in [0.29, 0.717) is 0 Å². The van der Waals surface area contributed by atoms with Gasteiger partial charge in [0.2, 0.25) is 0 Å². The molecule has 94 valence electrons. The third-order valence-corrected chi connectivity index (χ3v) is 4.28. The lowest BCUT2D eigenvalue weighted by Gasteiger charge is -2.19. The Hall–Kier alpha value is -0.670. The topological polar surface area (TPSA) is 29.3 Å². The fourth-order valence-corrected chi connectivity index (χ4v) is 3.14. The lowest BCUT2D eigenvalue weighted by Crippen LogP contribution is -2.27. The fourth-order valence-electron chi connectivity index (χ4n) is 2.21. The first-order chi connectivity index (χ1) is 8.34. The van der Waals surface area contributed by atoms with Gasteiger partial charge < -0.3 is 10.6 Å². The van der Waals surface area contributed by atoms with Gasteiger partial charge in [-0.3, -0.25) is 0 Å². The van der Waals surface area contributed by atoms with E-state index < -0.39 is 0 Å². The maximum atomic E-state index is 5.68. The second-order valence-corrected chi connectivity index (χ2v) is 5.88. The highest BCUT2D eigenvalue weighted by molar-refractivity contribution is 7.99. The standard InChI is InChI=1S/C14H22N2S/c15-14-6-4-13(5-7-14)3-1-8-16-9-2-11-17-12-10-16/h4-7H,1-3,8-12,15H2. The van der Waals surface area contributed by atoms with Gasteiger partial charge in [0, 0.05) is 18.0 Å². The molecule has 2 nitrogen and oxygen atoms in total. The number of nitrogens with zero attached hydrogens (tertiary/aromatic N) is 1. The lowest BCUT2D eigenvalue weighted by atomic mass is 10.1. The van der Waals surface area contributed by atoms with Crippen LogP contribution < -0.4 is 5.73 Å². The molecule has 0 bridgehead atoms. The number of thioether (sulfide) groups is 1. The molecular formula is C14H22N2S. The van der Waals surface area contributed by atoms with E-state index in [-0.39, 0.29) is 0 Å². The smallest absolute Gasteiger partial charge is 0.0314 e. The number of benzene rings is 1. The van der Waals surface area contributed by atoms with E-state index in [2.05, 4.69) is 28.8 Å². The summed E-state index contributed by atoms with van der Waals surface area (Å²) in [5, 5.41) is 0. The third-order valence-electron chi connectivity index (χ3n) is 3.23. The lowest BCUT2D eigenvalue weighted by molar-refractivity contribution is 0.292. The molecule has 0 saturated carbocycles. The molecule has 3 heteroatoms. The molecule has 2 rings (SSSR count). The Labute approximate surface area is 109 Å². The Morgan fingerprint density at radius 3 is 2.76 bits per heavy atom. The predicted molar refractivity (Wildman–Crippen MR) is 77.6 cm³/mol. The van der Waals surface area contributed by atoms with Crippen molar-refractivity contribution in [3.05, 3.63) is 29.8 Å². The summed E-state index contributed by atoms with van der Waals surface area (Å²) in [4.78, 5) is 2.61. The van der Waals surface area contributed by atoms with E-state index in [0.717, 1.165) is 5.69 Å². The molecule has 1 saturated heterocycles. The van der Waals surface area contributed by atoms with Gasteiger partial charge >= 0.3 is 0 Å². The van der Waals surface area contributed by atoms with Crippen molar-refractivity contribution in [3.63, 3.8) is 0 Å². The van der Waals surface area contributed by atoms with Gasteiger partial charge in [0.25, 0.3) is 0 Å². The van der Waals surface area contributed by atoms with Crippen LogP contribution in [0.15, 0.2) is 24.3 Å². The van der Waals surface area contributed by atoms with Crippen molar-refractivity contribution < 1.29 is 0 Å². The summed E-state index contributed by atoms with van der Waals surface area (Å²) in [7, 11) is 0. The number of hydrogen-bond acceptors (Lipinski definition) is 3. The van der Waals surface area contributed by atoms with E-state index in [1.807, 2.05) is 12.1 Å². The van der Waals surface area contributed by atoms with E-state index in [1.54, 1.807) is 0 Å². The molecule has 0 atom stereocenters. The normalized spacial score (nSPS) is 17.9. The fraction of sp³-hybridized carbons (Fsp3) is 0.571. The molecule has 17 heavy (non-hydrogen) atoms. The van der Waals surface area contributed by atoms with Crippen LogP contribution in [0.2, 0.25) is 0 Å². The van der Waals surface area contributed by atoms with Crippen LogP contribution in [0.4, 0.5) is 5.69 Å². The summed E-state index contributed by atoms with van der Waals surface area (Å²) in [6.45, 7) is 3.80. The Morgan fingerprint density at radius 2 is 1.94 bits per heavy atom. The van der Waals surface area contributed by atoms with E-state index in [4.69, 9.17) is 5.73 Å². The Balaban J connectivity index is 1.69. The van der Waals surface area contributed by atoms with E-state index in [9.17, 15) is 0 Å². The second kappa shape index (κ2) is 6.92. The van der Waals surface area contributed by atoms with Gasteiger partial charge in [0.1, 0.15) is 0 Å². The first kappa shape index (κ1) is 12.8. The van der Waals surface area contributed by atoms with Crippen LogP contribution in [-0.2, 0) is 6.42 Å². The van der Waals surface area contributed by atoms with Crippen molar-refractivity contribution in [2.75, 3.05) is 36.9 Å². The summed E-state index contributed by atoms with van der Waals surface area (Å²) in [6.07, 6.45) is 3.78. The molecule has 1 aliphatic rings. The SMILES string of the molecule is Nc1ccc(CCCN2CCCSCC2)cc1. The van der Waals surface area contributed by atoms with Crippen molar-refractivity contribution in [2.45, 2.75) is 19.3 Å². The molecular weight excluding hydrogens is 228 g/mol. The molecule has 1 aliphatic heterocycles. The summed E-state index contributed by atoms with van der Waals surface area (Å²) >= 11 is 2.10. The monoisotopic (exact) mass is 250 g/mol. The highest BCUT2D eigenvalue weighted by Gasteiger charge is 2.08. The number of hydrogen-bond donors (Lipinski definition) is 1. The van der Waals surface area contributed by atoms with Crippen molar-refractivity contribution in [1.29, 1.82) is 0 Å². The molecule has 0 aliphatic carbocycles. The number of anilines is 1. The Kier molecular flexibility index (Phi) is 5.20. The van der Waals surface area contributed by atoms with Crippen molar-refractivity contribution in [3.8, 4) is 0 Å². The second-order valence-electron chi connectivity index (χ2n) is 4.65. The van der Waals surface area contributed by atoms with Crippen molar-refractivity contribution in [1.82, 2.24) is 4.90 Å². The zero-order valence-corrected chi connectivity index (χ0v) is 11.2. The van der Waals surface area contributed by atoms with Gasteiger partial charge in [-0.1, -0.05) is 12.1 Å². The quantitative estimate of drug-likeness (QED) is 0.833. The van der Waals surface area contributed by atoms with Crippen LogP contribution in [0.25, 0.3) is 0 Å². The van der Waals surface area contributed by atoms with Crippen LogP contribution in [0.1, 0.15) is 18.4 Å². The summed E-state index contributed by atoms with van der Waals surface area (Å²) in [5.74, 6) is 2.65. The van der Waals surface area contributed by atoms with Gasteiger partial charge in [-0.25, -0.2) is 0 Å². The zero-order valence-electron chi connectivity index (χ0n) is 10.4. The third kappa shape index (κ3) is 4.60. The average molecular weight is 250 g/mol. The predicted octanol–water partition coefficient (Wildman–Crippen LogP) is 2.64. The first-order valence-corrected chi connectivity index (χ1v) is 7.64. The Morgan fingerprint density at radius 1 is 1.12 bits per heavy atom. The maximum absolute atomic E-state index is 5.68. The average Bonchev–Trinajstić information content (AvgIpc) is 2.60. The number of nitrogens with two attached hydrogens (primary N) is 1. The maximum Gasteiger partial charge on any atom is 0.0314 e. The van der Waals surface area contributed by atoms with Gasteiger partial charge in [0.05, 0.1) is 0 Å². The molecule has 0 spiro atoms. The van der Waals surface area contributed by atoms with Gasteiger partial charge in [0.15, 0.2) is 0 Å². The van der Waals surface area contributed by atoms with Crippen LogP contribution in [0, 0.1) is 0 Å². The summed E-state index contributed by atoms with van der Waals surface area (Å²) < 4.78 is 0. The summed E-state index contributed by atoms with van der Waals surface area (Å²) in [6, 6.07) is 8.29. The van der Waals surface area contributed by atoms with Crippen LogP contribution >= 0.6 is 11.8 Å². The highest BCUT2D eigenvalue weighted by Crippen LogP contribution is 2.12. The molecule has 2 N–H and O–H groups in total. The molecule has 0 radical (unpaired) electrons. The van der Waals surface area contributed by atoms with Crippen molar-refractivity contribution in [2.24, 2.45) is 0 Å². The number of aryl methyl sites for hydroxylation is 1. The Bertz CT molecular complexity index is 315.